The molecule has 100 valence electrons. The molecule has 0 bridgehead atoms. The molecule has 0 aliphatic carbocycles. The molecule has 0 saturated carbocycles. The summed E-state index contributed by atoms with van der Waals surface area (Å²) in [5.74, 6) is 0.609. The van der Waals surface area contributed by atoms with E-state index in [1.54, 1.807) is 6.20 Å². The smallest absolute Gasteiger partial charge is 0.158 e. The minimum atomic E-state index is 0.303. The van der Waals surface area contributed by atoms with Gasteiger partial charge in [0.1, 0.15) is 11.9 Å². The van der Waals surface area contributed by atoms with Crippen LogP contribution in [0, 0.1) is 11.3 Å². The van der Waals surface area contributed by atoms with Gasteiger partial charge in [0.05, 0.1) is 12.4 Å². The van der Waals surface area contributed by atoms with Gasteiger partial charge in [-0.05, 0) is 11.6 Å². The van der Waals surface area contributed by atoms with E-state index in [-0.39, 0.29) is 0 Å². The molecule has 0 aliphatic heterocycles. The molecule has 21 heavy (non-hydrogen) atoms. The van der Waals surface area contributed by atoms with E-state index in [1.807, 2.05) is 42.5 Å². The number of nitriles is 1. The zero-order chi connectivity index (χ0) is 14.5. The number of hydrogen-bond donors (Lipinski definition) is 1. The molecule has 1 N–H and O–H groups in total. The van der Waals surface area contributed by atoms with Gasteiger partial charge in [-0.15, -0.1) is 0 Å². The highest BCUT2D eigenvalue weighted by Gasteiger charge is 2.05. The van der Waals surface area contributed by atoms with Crippen molar-refractivity contribution in [1.82, 2.24) is 9.97 Å². The number of aromatic nitrogens is 2. The summed E-state index contributed by atoms with van der Waals surface area (Å²) in [4.78, 5) is 8.19. The monoisotopic (exact) mass is 272 g/mol. The Bertz CT molecular complexity index is 774. The Hall–Kier alpha value is -3.19. The van der Waals surface area contributed by atoms with Crippen molar-refractivity contribution in [3.63, 3.8) is 0 Å². The van der Waals surface area contributed by atoms with Gasteiger partial charge in [0, 0.05) is 11.3 Å². The lowest BCUT2D eigenvalue weighted by Crippen LogP contribution is -1.97. The van der Waals surface area contributed by atoms with Crippen molar-refractivity contribution < 1.29 is 0 Å². The third-order valence-electron chi connectivity index (χ3n) is 3.04. The molecular formula is C17H12N4. The van der Waals surface area contributed by atoms with Crippen molar-refractivity contribution in [2.45, 2.75) is 0 Å². The Kier molecular flexibility index (Phi) is 3.57. The molecule has 4 heteroatoms. The van der Waals surface area contributed by atoms with Gasteiger partial charge in [0.2, 0.25) is 0 Å². The summed E-state index contributed by atoms with van der Waals surface area (Å²) in [5, 5.41) is 12.0. The summed E-state index contributed by atoms with van der Waals surface area (Å²) >= 11 is 0. The molecule has 4 nitrogen and oxygen atoms in total. The van der Waals surface area contributed by atoms with Gasteiger partial charge in [-0.2, -0.15) is 5.26 Å². The molecule has 0 radical (unpaired) electrons. The summed E-state index contributed by atoms with van der Waals surface area (Å²) in [7, 11) is 0. The molecule has 0 spiro atoms. The van der Waals surface area contributed by atoms with Crippen LogP contribution in [0.4, 0.5) is 11.5 Å². The van der Waals surface area contributed by atoms with Gasteiger partial charge in [0.15, 0.2) is 5.69 Å². The van der Waals surface area contributed by atoms with E-state index in [1.165, 1.54) is 6.20 Å². The molecule has 0 fully saturated rings. The van der Waals surface area contributed by atoms with Crippen molar-refractivity contribution >= 4 is 11.5 Å². The highest BCUT2D eigenvalue weighted by molar-refractivity contribution is 5.80. The van der Waals surface area contributed by atoms with Gasteiger partial charge in [0.25, 0.3) is 0 Å². The van der Waals surface area contributed by atoms with Gasteiger partial charge in [-0.1, -0.05) is 48.5 Å². The number of nitrogens with zero attached hydrogens (tertiary/aromatic N) is 3. The van der Waals surface area contributed by atoms with Crippen LogP contribution in [0.2, 0.25) is 0 Å². The van der Waals surface area contributed by atoms with Crippen LogP contribution in [0.1, 0.15) is 5.69 Å². The minimum Gasteiger partial charge on any atom is -0.338 e. The predicted octanol–water partition coefficient (Wildman–Crippen LogP) is 3.76. The third kappa shape index (κ3) is 2.88. The molecule has 0 unspecified atom stereocenters. The highest BCUT2D eigenvalue weighted by atomic mass is 15.0. The first kappa shape index (κ1) is 12.8. The van der Waals surface area contributed by atoms with E-state index >= 15 is 0 Å². The van der Waals surface area contributed by atoms with Gasteiger partial charge >= 0.3 is 0 Å². The van der Waals surface area contributed by atoms with Crippen molar-refractivity contribution in [3.8, 4) is 17.2 Å². The second-order valence-electron chi connectivity index (χ2n) is 4.44. The molecule has 0 atom stereocenters. The SMILES string of the molecule is N#Cc1cnc(Nc2ccccc2-c2ccccc2)cn1. The third-order valence-corrected chi connectivity index (χ3v) is 3.04. The van der Waals surface area contributed by atoms with E-state index in [0.29, 0.717) is 11.5 Å². The van der Waals surface area contributed by atoms with Crippen LogP contribution in [0.25, 0.3) is 11.1 Å². The van der Waals surface area contributed by atoms with Crippen LogP contribution in [-0.2, 0) is 0 Å². The molecule has 3 rings (SSSR count). The van der Waals surface area contributed by atoms with Crippen LogP contribution in [-0.4, -0.2) is 9.97 Å². The van der Waals surface area contributed by atoms with Crippen molar-refractivity contribution in [1.29, 1.82) is 5.26 Å². The standard InChI is InChI=1S/C17H12N4/c18-10-14-11-20-17(12-19-14)21-16-9-5-4-8-15(16)13-6-2-1-3-7-13/h1-9,11-12H,(H,20,21). The molecular weight excluding hydrogens is 260 g/mol. The van der Waals surface area contributed by atoms with E-state index in [9.17, 15) is 0 Å². The fraction of sp³-hybridized carbons (Fsp3) is 0. The average Bonchev–Trinajstić information content (AvgIpc) is 2.57. The Labute approximate surface area is 122 Å². The van der Waals surface area contributed by atoms with Gasteiger partial charge in [-0.25, -0.2) is 9.97 Å². The first-order valence-corrected chi connectivity index (χ1v) is 6.50. The van der Waals surface area contributed by atoms with Crippen molar-refractivity contribution in [3.05, 3.63) is 72.7 Å². The maximum atomic E-state index is 8.74. The van der Waals surface area contributed by atoms with E-state index in [2.05, 4.69) is 33.5 Å². The second-order valence-corrected chi connectivity index (χ2v) is 4.44. The molecule has 0 amide bonds. The molecule has 0 saturated heterocycles. The minimum absolute atomic E-state index is 0.303. The molecule has 3 aromatic rings. The predicted molar refractivity (Wildman–Crippen MR) is 81.9 cm³/mol. The van der Waals surface area contributed by atoms with Crippen molar-refractivity contribution in [2.24, 2.45) is 0 Å². The second kappa shape index (κ2) is 5.85. The van der Waals surface area contributed by atoms with Gasteiger partial charge < -0.3 is 5.32 Å². The highest BCUT2D eigenvalue weighted by Crippen LogP contribution is 2.29. The lowest BCUT2D eigenvalue weighted by molar-refractivity contribution is 1.16. The maximum Gasteiger partial charge on any atom is 0.158 e. The first-order valence-electron chi connectivity index (χ1n) is 6.50. The molecule has 1 aromatic heterocycles. The number of benzene rings is 2. The van der Waals surface area contributed by atoms with Crippen molar-refractivity contribution in [2.75, 3.05) is 5.32 Å². The zero-order valence-electron chi connectivity index (χ0n) is 11.2. The lowest BCUT2D eigenvalue weighted by atomic mass is 10.0. The number of para-hydroxylation sites is 1. The fourth-order valence-electron chi connectivity index (χ4n) is 2.05. The summed E-state index contributed by atoms with van der Waals surface area (Å²) in [6, 6.07) is 20.1. The van der Waals surface area contributed by atoms with Crippen LogP contribution in [0.3, 0.4) is 0 Å². The molecule has 2 aromatic carbocycles. The fourth-order valence-corrected chi connectivity index (χ4v) is 2.05. The quantitative estimate of drug-likeness (QED) is 0.788. The Morgan fingerprint density at radius 3 is 2.33 bits per heavy atom. The van der Waals surface area contributed by atoms with E-state index < -0.39 is 0 Å². The summed E-state index contributed by atoms with van der Waals surface area (Å²) < 4.78 is 0. The normalized spacial score (nSPS) is 9.86. The topological polar surface area (TPSA) is 61.6 Å². The van der Waals surface area contributed by atoms with Gasteiger partial charge in [-0.3, -0.25) is 0 Å². The van der Waals surface area contributed by atoms with Crippen LogP contribution in [0.15, 0.2) is 67.0 Å². The van der Waals surface area contributed by atoms with Crippen LogP contribution in [0.5, 0.6) is 0 Å². The molecule has 0 aliphatic rings. The average molecular weight is 272 g/mol. The number of rotatable bonds is 3. The Morgan fingerprint density at radius 1 is 0.857 bits per heavy atom. The first-order chi connectivity index (χ1) is 10.4. The summed E-state index contributed by atoms with van der Waals surface area (Å²) in [5.41, 5.74) is 3.46. The number of anilines is 2. The molecule has 1 heterocycles. The Balaban J connectivity index is 1.94. The summed E-state index contributed by atoms with van der Waals surface area (Å²) in [6.45, 7) is 0. The van der Waals surface area contributed by atoms with E-state index in [4.69, 9.17) is 5.26 Å². The number of nitrogens with one attached hydrogen (secondary N) is 1. The largest absolute Gasteiger partial charge is 0.338 e. The lowest BCUT2D eigenvalue weighted by Gasteiger charge is -2.11. The zero-order valence-corrected chi connectivity index (χ0v) is 11.2. The maximum absolute atomic E-state index is 8.74. The number of hydrogen-bond acceptors (Lipinski definition) is 4. The van der Waals surface area contributed by atoms with Crippen LogP contribution < -0.4 is 5.32 Å². The summed E-state index contributed by atoms with van der Waals surface area (Å²) in [6.07, 6.45) is 3.01. The Morgan fingerprint density at radius 2 is 1.62 bits per heavy atom. The van der Waals surface area contributed by atoms with Crippen LogP contribution >= 0.6 is 0 Å². The van der Waals surface area contributed by atoms with E-state index in [0.717, 1.165) is 16.8 Å².